The standard InChI is InChI=1S/C15H14N2O2/c18-15(19)14-12(7-3-9-17-14)11-6-1-4-10-5-2-8-16-13(10)11/h2-3,5,7-9,11H,1,4,6H2,(H,18,19). The van der Waals surface area contributed by atoms with Crippen molar-refractivity contribution in [3.63, 3.8) is 0 Å². The fourth-order valence-electron chi connectivity index (χ4n) is 2.79. The molecular formula is C15H14N2O2. The molecule has 0 saturated carbocycles. The molecule has 1 N–H and O–H groups in total. The lowest BCUT2D eigenvalue weighted by atomic mass is 9.81. The van der Waals surface area contributed by atoms with Crippen molar-refractivity contribution in [1.29, 1.82) is 0 Å². The molecule has 1 atom stereocenters. The predicted octanol–water partition coefficient (Wildman–Crippen LogP) is 2.64. The van der Waals surface area contributed by atoms with Gasteiger partial charge in [0.05, 0.1) is 5.69 Å². The van der Waals surface area contributed by atoms with E-state index >= 15 is 0 Å². The summed E-state index contributed by atoms with van der Waals surface area (Å²) in [6, 6.07) is 7.65. The molecule has 19 heavy (non-hydrogen) atoms. The van der Waals surface area contributed by atoms with Gasteiger partial charge in [0.25, 0.3) is 0 Å². The molecule has 0 aliphatic heterocycles. The molecule has 2 aromatic heterocycles. The van der Waals surface area contributed by atoms with E-state index in [0.717, 1.165) is 30.5 Å². The Morgan fingerprint density at radius 3 is 2.84 bits per heavy atom. The number of fused-ring (bicyclic) bond motifs is 1. The molecule has 0 spiro atoms. The van der Waals surface area contributed by atoms with Crippen molar-refractivity contribution >= 4 is 5.97 Å². The maximum Gasteiger partial charge on any atom is 0.354 e. The van der Waals surface area contributed by atoms with Gasteiger partial charge in [-0.25, -0.2) is 9.78 Å². The largest absolute Gasteiger partial charge is 0.477 e. The molecule has 96 valence electrons. The quantitative estimate of drug-likeness (QED) is 0.894. The van der Waals surface area contributed by atoms with Gasteiger partial charge in [-0.3, -0.25) is 4.98 Å². The lowest BCUT2D eigenvalue weighted by molar-refractivity contribution is 0.0688. The van der Waals surface area contributed by atoms with Crippen LogP contribution in [0.25, 0.3) is 0 Å². The molecule has 2 aromatic rings. The number of hydrogen-bond acceptors (Lipinski definition) is 3. The number of rotatable bonds is 2. The van der Waals surface area contributed by atoms with E-state index in [1.165, 1.54) is 11.8 Å². The normalized spacial score (nSPS) is 17.8. The van der Waals surface area contributed by atoms with Crippen LogP contribution in [0.4, 0.5) is 0 Å². The Morgan fingerprint density at radius 1 is 1.21 bits per heavy atom. The summed E-state index contributed by atoms with van der Waals surface area (Å²) >= 11 is 0. The van der Waals surface area contributed by atoms with Crippen LogP contribution in [0, 0.1) is 0 Å². The minimum atomic E-state index is -0.973. The van der Waals surface area contributed by atoms with Crippen LogP contribution in [-0.2, 0) is 6.42 Å². The fraction of sp³-hybridized carbons (Fsp3) is 0.267. The van der Waals surface area contributed by atoms with E-state index in [1.54, 1.807) is 12.3 Å². The zero-order valence-corrected chi connectivity index (χ0v) is 10.4. The van der Waals surface area contributed by atoms with Crippen LogP contribution >= 0.6 is 0 Å². The van der Waals surface area contributed by atoms with Crippen molar-refractivity contribution in [1.82, 2.24) is 9.97 Å². The average molecular weight is 254 g/mol. The highest BCUT2D eigenvalue weighted by atomic mass is 16.4. The van der Waals surface area contributed by atoms with Gasteiger partial charge in [0, 0.05) is 18.3 Å². The highest BCUT2D eigenvalue weighted by Crippen LogP contribution is 2.36. The molecule has 1 unspecified atom stereocenters. The lowest BCUT2D eigenvalue weighted by Crippen LogP contribution is -2.16. The Hall–Kier alpha value is -2.23. The van der Waals surface area contributed by atoms with Gasteiger partial charge >= 0.3 is 5.97 Å². The lowest BCUT2D eigenvalue weighted by Gasteiger charge is -2.25. The number of carboxylic acid groups (broad SMARTS) is 1. The Morgan fingerprint density at radius 2 is 2.00 bits per heavy atom. The monoisotopic (exact) mass is 254 g/mol. The Balaban J connectivity index is 2.12. The van der Waals surface area contributed by atoms with Crippen LogP contribution in [0.3, 0.4) is 0 Å². The van der Waals surface area contributed by atoms with Crippen LogP contribution < -0.4 is 0 Å². The van der Waals surface area contributed by atoms with E-state index in [0.29, 0.717) is 0 Å². The van der Waals surface area contributed by atoms with E-state index in [9.17, 15) is 9.90 Å². The predicted molar refractivity (Wildman–Crippen MR) is 70.2 cm³/mol. The van der Waals surface area contributed by atoms with Gasteiger partial charge in [0.1, 0.15) is 0 Å². The number of nitrogens with zero attached hydrogens (tertiary/aromatic N) is 2. The van der Waals surface area contributed by atoms with Crippen LogP contribution in [0.1, 0.15) is 46.1 Å². The number of aromatic nitrogens is 2. The molecule has 4 nitrogen and oxygen atoms in total. The minimum Gasteiger partial charge on any atom is -0.477 e. The highest BCUT2D eigenvalue weighted by molar-refractivity contribution is 5.87. The molecule has 1 aliphatic rings. The van der Waals surface area contributed by atoms with Crippen LogP contribution in [0.15, 0.2) is 36.7 Å². The van der Waals surface area contributed by atoms with E-state index in [2.05, 4.69) is 16.0 Å². The zero-order valence-electron chi connectivity index (χ0n) is 10.4. The third-order valence-electron chi connectivity index (χ3n) is 3.61. The van der Waals surface area contributed by atoms with Crippen molar-refractivity contribution in [3.05, 3.63) is 59.2 Å². The van der Waals surface area contributed by atoms with Gasteiger partial charge in [-0.2, -0.15) is 0 Å². The second-order valence-electron chi connectivity index (χ2n) is 4.74. The van der Waals surface area contributed by atoms with Gasteiger partial charge in [-0.05, 0) is 42.5 Å². The first kappa shape index (κ1) is 11.8. The van der Waals surface area contributed by atoms with Gasteiger partial charge in [-0.15, -0.1) is 0 Å². The summed E-state index contributed by atoms with van der Waals surface area (Å²) in [6.45, 7) is 0. The summed E-state index contributed by atoms with van der Waals surface area (Å²) in [5.41, 5.74) is 3.14. The maximum atomic E-state index is 11.3. The van der Waals surface area contributed by atoms with Crippen molar-refractivity contribution in [3.8, 4) is 0 Å². The molecule has 0 bridgehead atoms. The Bertz CT molecular complexity index is 625. The van der Waals surface area contributed by atoms with Crippen LogP contribution in [-0.4, -0.2) is 21.0 Å². The SMILES string of the molecule is O=C(O)c1ncccc1C1CCCc2cccnc21. The van der Waals surface area contributed by atoms with Crippen molar-refractivity contribution in [2.45, 2.75) is 25.2 Å². The summed E-state index contributed by atoms with van der Waals surface area (Å²) in [5, 5.41) is 9.26. The Labute approximate surface area is 111 Å². The van der Waals surface area contributed by atoms with E-state index in [1.807, 2.05) is 12.1 Å². The van der Waals surface area contributed by atoms with Crippen molar-refractivity contribution < 1.29 is 9.90 Å². The third kappa shape index (κ3) is 2.10. The summed E-state index contributed by atoms with van der Waals surface area (Å²) in [4.78, 5) is 19.7. The molecule has 3 rings (SSSR count). The summed E-state index contributed by atoms with van der Waals surface area (Å²) in [5.74, 6) is -0.927. The third-order valence-corrected chi connectivity index (χ3v) is 3.61. The molecule has 0 fully saturated rings. The number of pyridine rings is 2. The van der Waals surface area contributed by atoms with Crippen molar-refractivity contribution in [2.75, 3.05) is 0 Å². The second-order valence-corrected chi connectivity index (χ2v) is 4.74. The number of carboxylic acids is 1. The van der Waals surface area contributed by atoms with E-state index < -0.39 is 5.97 Å². The first-order chi connectivity index (χ1) is 9.27. The van der Waals surface area contributed by atoms with Crippen molar-refractivity contribution in [2.24, 2.45) is 0 Å². The smallest absolute Gasteiger partial charge is 0.354 e. The molecule has 0 radical (unpaired) electrons. The summed E-state index contributed by atoms with van der Waals surface area (Å²) < 4.78 is 0. The van der Waals surface area contributed by atoms with E-state index in [-0.39, 0.29) is 11.6 Å². The summed E-state index contributed by atoms with van der Waals surface area (Å²) in [7, 11) is 0. The highest BCUT2D eigenvalue weighted by Gasteiger charge is 2.27. The number of hydrogen-bond donors (Lipinski definition) is 1. The topological polar surface area (TPSA) is 63.1 Å². The van der Waals surface area contributed by atoms with Gasteiger partial charge in [0.2, 0.25) is 0 Å². The molecule has 1 aliphatic carbocycles. The first-order valence-electron chi connectivity index (χ1n) is 6.39. The molecule has 2 heterocycles. The number of carbonyl (C=O) groups is 1. The zero-order chi connectivity index (χ0) is 13.2. The molecular weight excluding hydrogens is 240 g/mol. The average Bonchev–Trinajstić information content (AvgIpc) is 2.46. The second kappa shape index (κ2) is 4.80. The minimum absolute atomic E-state index is 0.0461. The van der Waals surface area contributed by atoms with Gasteiger partial charge in [-0.1, -0.05) is 12.1 Å². The van der Waals surface area contributed by atoms with Gasteiger partial charge < -0.3 is 5.11 Å². The molecule has 0 aromatic carbocycles. The van der Waals surface area contributed by atoms with Crippen LogP contribution in [0.5, 0.6) is 0 Å². The van der Waals surface area contributed by atoms with E-state index in [4.69, 9.17) is 0 Å². The number of aromatic carboxylic acids is 1. The van der Waals surface area contributed by atoms with Crippen LogP contribution in [0.2, 0.25) is 0 Å². The molecule has 0 amide bonds. The summed E-state index contributed by atoms with van der Waals surface area (Å²) in [6.07, 6.45) is 6.29. The van der Waals surface area contributed by atoms with Gasteiger partial charge in [0.15, 0.2) is 5.69 Å². The number of aryl methyl sites for hydroxylation is 1. The first-order valence-corrected chi connectivity index (χ1v) is 6.39. The molecule has 4 heteroatoms. The maximum absolute atomic E-state index is 11.3. The Kier molecular flexibility index (Phi) is 2.99. The molecule has 0 saturated heterocycles. The fourth-order valence-corrected chi connectivity index (χ4v) is 2.79.